The summed E-state index contributed by atoms with van der Waals surface area (Å²) in [5.41, 5.74) is 4.26. The van der Waals surface area contributed by atoms with E-state index in [0.717, 1.165) is 60.6 Å². The summed E-state index contributed by atoms with van der Waals surface area (Å²) in [4.78, 5) is 9.01. The fourth-order valence-corrected chi connectivity index (χ4v) is 3.01. The molecule has 0 atom stereocenters. The fourth-order valence-electron chi connectivity index (χ4n) is 3.01. The summed E-state index contributed by atoms with van der Waals surface area (Å²) in [6.45, 7) is 7.44. The van der Waals surface area contributed by atoms with Crippen LogP contribution >= 0.6 is 0 Å². The van der Waals surface area contributed by atoms with Gasteiger partial charge in [-0.05, 0) is 81.3 Å². The minimum Gasteiger partial charge on any atom is -0.493 e. The lowest BCUT2D eigenvalue weighted by Crippen LogP contribution is -2.02. The molecule has 2 rings (SSSR count). The van der Waals surface area contributed by atoms with Gasteiger partial charge in [0.1, 0.15) is 25.2 Å². The van der Waals surface area contributed by atoms with Gasteiger partial charge in [-0.25, -0.2) is 0 Å². The third-order valence-corrected chi connectivity index (χ3v) is 4.51. The van der Waals surface area contributed by atoms with Gasteiger partial charge in [-0.3, -0.25) is 4.98 Å². The van der Waals surface area contributed by atoms with Gasteiger partial charge in [-0.15, -0.1) is 0 Å². The van der Waals surface area contributed by atoms with Crippen LogP contribution in [0.3, 0.4) is 0 Å². The summed E-state index contributed by atoms with van der Waals surface area (Å²) >= 11 is 0. The molecular weight excluding hydrogens is 364 g/mol. The first-order valence-electron chi connectivity index (χ1n) is 10.1. The summed E-state index contributed by atoms with van der Waals surface area (Å²) in [6.07, 6.45) is 11.8. The Balaban J connectivity index is 1.70. The molecule has 0 unspecified atom stereocenters. The van der Waals surface area contributed by atoms with Gasteiger partial charge in [0.25, 0.3) is 0 Å². The molecule has 1 heterocycles. The number of hydrogen-bond donors (Lipinski definition) is 0. The summed E-state index contributed by atoms with van der Waals surface area (Å²) in [5.74, 6) is 1.86. The van der Waals surface area contributed by atoms with Crippen molar-refractivity contribution in [3.63, 3.8) is 0 Å². The Hall–Kier alpha value is -2.82. The van der Waals surface area contributed by atoms with Crippen LogP contribution in [0, 0.1) is 13.8 Å². The van der Waals surface area contributed by atoms with Gasteiger partial charge < -0.3 is 14.3 Å². The van der Waals surface area contributed by atoms with Crippen molar-refractivity contribution in [2.24, 2.45) is 5.16 Å². The second-order valence-electron chi connectivity index (χ2n) is 6.93. The molecule has 0 aliphatic rings. The molecule has 0 fully saturated rings. The van der Waals surface area contributed by atoms with Crippen molar-refractivity contribution in [3.8, 4) is 11.5 Å². The molecule has 2 aromatic rings. The second-order valence-corrected chi connectivity index (χ2v) is 6.93. The summed E-state index contributed by atoms with van der Waals surface area (Å²) in [7, 11) is 1.52. The lowest BCUT2D eigenvalue weighted by molar-refractivity contribution is 0.215. The molecule has 0 aliphatic carbocycles. The van der Waals surface area contributed by atoms with Crippen LogP contribution in [0.4, 0.5) is 0 Å². The molecule has 0 aliphatic heterocycles. The standard InChI is InChI=1S/C24H32N2O3/c1-5-6-13-28-23-15-19(2)24(20(3)16-23)29-14-9-7-8-10-21-11-12-22(25-17-21)18-26-27-4/h5-6,11-12,15-18H,7-10,13-14H2,1-4H3/b6-5+,26-18?. The SMILES string of the molecule is C/C=C/COc1cc(C)c(OCCCCCc2ccc(C=NOC)nc2)c(C)c1. The van der Waals surface area contributed by atoms with Crippen molar-refractivity contribution in [3.05, 3.63) is 65.0 Å². The fraction of sp³-hybridized carbons (Fsp3) is 0.417. The second kappa shape index (κ2) is 12.6. The van der Waals surface area contributed by atoms with Crippen LogP contribution in [0.1, 0.15) is 48.6 Å². The van der Waals surface area contributed by atoms with Crippen LogP contribution in [0.15, 0.2) is 47.8 Å². The van der Waals surface area contributed by atoms with Crippen molar-refractivity contribution in [1.82, 2.24) is 4.98 Å². The highest BCUT2D eigenvalue weighted by atomic mass is 16.6. The number of nitrogens with zero attached hydrogens (tertiary/aromatic N) is 2. The van der Waals surface area contributed by atoms with E-state index in [1.165, 1.54) is 12.7 Å². The number of aromatic nitrogens is 1. The van der Waals surface area contributed by atoms with Crippen molar-refractivity contribution >= 4 is 6.21 Å². The van der Waals surface area contributed by atoms with Crippen LogP contribution in [0.5, 0.6) is 11.5 Å². The van der Waals surface area contributed by atoms with Gasteiger partial charge in [0.05, 0.1) is 18.5 Å². The zero-order valence-electron chi connectivity index (χ0n) is 18.0. The normalized spacial score (nSPS) is 11.3. The van der Waals surface area contributed by atoms with E-state index in [1.807, 2.05) is 43.5 Å². The molecule has 0 N–H and O–H groups in total. The summed E-state index contributed by atoms with van der Waals surface area (Å²) < 4.78 is 11.8. The monoisotopic (exact) mass is 396 g/mol. The number of rotatable bonds is 12. The first-order valence-corrected chi connectivity index (χ1v) is 10.1. The highest BCUT2D eigenvalue weighted by molar-refractivity contribution is 5.76. The molecular formula is C24H32N2O3. The molecule has 5 heteroatoms. The molecule has 0 amide bonds. The lowest BCUT2D eigenvalue weighted by Gasteiger charge is -2.14. The Morgan fingerprint density at radius 3 is 2.48 bits per heavy atom. The molecule has 0 saturated heterocycles. The maximum atomic E-state index is 6.05. The van der Waals surface area contributed by atoms with Crippen LogP contribution < -0.4 is 9.47 Å². The zero-order chi connectivity index (χ0) is 20.9. The predicted octanol–water partition coefficient (Wildman–Crippen LogP) is 5.43. The van der Waals surface area contributed by atoms with E-state index in [-0.39, 0.29) is 0 Å². The number of benzene rings is 1. The highest BCUT2D eigenvalue weighted by Gasteiger charge is 2.07. The molecule has 29 heavy (non-hydrogen) atoms. The van der Waals surface area contributed by atoms with Crippen molar-refractivity contribution in [1.29, 1.82) is 0 Å². The van der Waals surface area contributed by atoms with E-state index in [1.54, 1.807) is 6.21 Å². The number of unbranched alkanes of at least 4 members (excludes halogenated alkanes) is 2. The van der Waals surface area contributed by atoms with Crippen LogP contribution in [-0.4, -0.2) is 31.5 Å². The number of ether oxygens (including phenoxy) is 2. The van der Waals surface area contributed by atoms with Gasteiger partial charge in [-0.2, -0.15) is 0 Å². The van der Waals surface area contributed by atoms with Crippen molar-refractivity contribution in [2.45, 2.75) is 46.5 Å². The average molecular weight is 397 g/mol. The maximum Gasteiger partial charge on any atom is 0.125 e. The Bertz CT molecular complexity index is 775. The molecule has 0 bridgehead atoms. The number of hydrogen-bond acceptors (Lipinski definition) is 5. The van der Waals surface area contributed by atoms with Gasteiger partial charge in [-0.1, -0.05) is 23.4 Å². The molecule has 0 saturated carbocycles. The Labute approximate surface area is 174 Å². The van der Waals surface area contributed by atoms with Gasteiger partial charge >= 0.3 is 0 Å². The third-order valence-electron chi connectivity index (χ3n) is 4.51. The smallest absolute Gasteiger partial charge is 0.125 e. The van der Waals surface area contributed by atoms with E-state index >= 15 is 0 Å². The van der Waals surface area contributed by atoms with Crippen LogP contribution in [0.2, 0.25) is 0 Å². The Morgan fingerprint density at radius 2 is 1.83 bits per heavy atom. The van der Waals surface area contributed by atoms with Gasteiger partial charge in [0.15, 0.2) is 0 Å². The number of pyridine rings is 1. The van der Waals surface area contributed by atoms with Crippen molar-refractivity contribution < 1.29 is 14.3 Å². The number of aryl methyl sites for hydroxylation is 3. The Kier molecular flexibility index (Phi) is 9.76. The van der Waals surface area contributed by atoms with E-state index in [4.69, 9.17) is 9.47 Å². The van der Waals surface area contributed by atoms with Crippen molar-refractivity contribution in [2.75, 3.05) is 20.3 Å². The molecule has 0 radical (unpaired) electrons. The minimum absolute atomic E-state index is 0.592. The molecule has 1 aromatic carbocycles. The van der Waals surface area contributed by atoms with E-state index in [9.17, 15) is 0 Å². The van der Waals surface area contributed by atoms with E-state index in [2.05, 4.69) is 34.9 Å². The summed E-state index contributed by atoms with van der Waals surface area (Å²) in [5, 5.41) is 3.72. The lowest BCUT2D eigenvalue weighted by atomic mass is 10.1. The van der Waals surface area contributed by atoms with Crippen LogP contribution in [0.25, 0.3) is 0 Å². The quantitative estimate of drug-likeness (QED) is 0.208. The molecule has 156 valence electrons. The topological polar surface area (TPSA) is 52.9 Å². The molecule has 5 nitrogen and oxygen atoms in total. The van der Waals surface area contributed by atoms with Gasteiger partial charge in [0, 0.05) is 6.20 Å². The van der Waals surface area contributed by atoms with Gasteiger partial charge in [0.2, 0.25) is 0 Å². The Morgan fingerprint density at radius 1 is 1.03 bits per heavy atom. The predicted molar refractivity (Wildman–Crippen MR) is 118 cm³/mol. The zero-order valence-corrected chi connectivity index (χ0v) is 18.0. The average Bonchev–Trinajstić information content (AvgIpc) is 2.71. The van der Waals surface area contributed by atoms with E-state index < -0.39 is 0 Å². The minimum atomic E-state index is 0.592. The van der Waals surface area contributed by atoms with Crippen LogP contribution in [-0.2, 0) is 11.3 Å². The molecule has 0 spiro atoms. The first kappa shape index (κ1) is 22.5. The number of allylic oxidation sites excluding steroid dienone is 1. The third kappa shape index (κ3) is 7.98. The molecule has 1 aromatic heterocycles. The highest BCUT2D eigenvalue weighted by Crippen LogP contribution is 2.28. The van der Waals surface area contributed by atoms with E-state index in [0.29, 0.717) is 6.61 Å². The largest absolute Gasteiger partial charge is 0.493 e. The summed E-state index contributed by atoms with van der Waals surface area (Å²) in [6, 6.07) is 8.13. The number of oxime groups is 1. The maximum absolute atomic E-state index is 6.05. The first-order chi connectivity index (χ1) is 14.1.